The number of hydrogen-bond acceptors (Lipinski definition) is 6. The fourth-order valence-corrected chi connectivity index (χ4v) is 4.56. The van der Waals surface area contributed by atoms with Gasteiger partial charge in [0.2, 0.25) is 0 Å². The number of aromatic nitrogens is 1. The first kappa shape index (κ1) is 20.6. The van der Waals surface area contributed by atoms with Gasteiger partial charge in [0.1, 0.15) is 11.6 Å². The Morgan fingerprint density at radius 2 is 2.00 bits per heavy atom. The number of nitrogens with zero attached hydrogens (tertiary/aromatic N) is 3. The van der Waals surface area contributed by atoms with Crippen LogP contribution in [0, 0.1) is 5.82 Å². The van der Waals surface area contributed by atoms with Crippen molar-refractivity contribution < 1.29 is 13.9 Å². The van der Waals surface area contributed by atoms with Crippen LogP contribution in [0.2, 0.25) is 0 Å². The van der Waals surface area contributed by atoms with Gasteiger partial charge in [-0.1, -0.05) is 23.5 Å². The van der Waals surface area contributed by atoms with E-state index in [0.29, 0.717) is 13.2 Å². The Kier molecular flexibility index (Phi) is 6.44. The number of carbonyl (C=O) groups excluding carboxylic acids is 1. The van der Waals surface area contributed by atoms with E-state index in [0.717, 1.165) is 53.8 Å². The van der Waals surface area contributed by atoms with Crippen molar-refractivity contribution >= 4 is 32.6 Å². The third kappa shape index (κ3) is 4.71. The number of halogens is 1. The summed E-state index contributed by atoms with van der Waals surface area (Å²) in [5.41, 5.74) is 1.09. The molecule has 0 radical (unpaired) electrons. The highest BCUT2D eigenvalue weighted by molar-refractivity contribution is 7.22. The van der Waals surface area contributed by atoms with E-state index in [1.807, 2.05) is 19.1 Å². The Hall–Kier alpha value is -2.71. The molecule has 1 fully saturated rings. The zero-order chi connectivity index (χ0) is 20.9. The van der Waals surface area contributed by atoms with Crippen molar-refractivity contribution in [1.29, 1.82) is 0 Å². The first-order valence-electron chi connectivity index (χ1n) is 10.2. The van der Waals surface area contributed by atoms with Crippen LogP contribution in [0.15, 0.2) is 42.5 Å². The lowest BCUT2D eigenvalue weighted by molar-refractivity contribution is 0.0943. The Labute approximate surface area is 179 Å². The highest BCUT2D eigenvalue weighted by Crippen LogP contribution is 2.31. The molecule has 0 bridgehead atoms. The molecule has 158 valence electrons. The fraction of sp³-hybridized carbons (Fsp3) is 0.364. The molecule has 1 aromatic heterocycles. The topological polar surface area (TPSA) is 57.7 Å². The normalized spacial score (nSPS) is 14.8. The predicted molar refractivity (Wildman–Crippen MR) is 118 cm³/mol. The van der Waals surface area contributed by atoms with Crippen LogP contribution in [0.4, 0.5) is 9.52 Å². The Morgan fingerprint density at radius 1 is 1.20 bits per heavy atom. The molecule has 1 amide bonds. The SMILES string of the molecule is CCOc1ccc2nc(N3CCN(CCNC(=O)c4ccccc4F)CC3)sc2c1. The molecule has 0 atom stereocenters. The number of carbonyl (C=O) groups is 1. The minimum atomic E-state index is -0.493. The van der Waals surface area contributed by atoms with Gasteiger partial charge < -0.3 is 15.0 Å². The van der Waals surface area contributed by atoms with E-state index in [-0.39, 0.29) is 11.5 Å². The molecule has 0 saturated carbocycles. The van der Waals surface area contributed by atoms with Crippen molar-refractivity contribution in [3.05, 3.63) is 53.8 Å². The summed E-state index contributed by atoms with van der Waals surface area (Å²) in [6.07, 6.45) is 0. The smallest absolute Gasteiger partial charge is 0.254 e. The number of piperazine rings is 1. The molecule has 4 rings (SSSR count). The summed E-state index contributed by atoms with van der Waals surface area (Å²) in [5, 5.41) is 3.84. The molecular weight excluding hydrogens is 403 g/mol. The van der Waals surface area contributed by atoms with Crippen LogP contribution in [0.3, 0.4) is 0 Å². The third-order valence-electron chi connectivity index (χ3n) is 5.13. The quantitative estimate of drug-likeness (QED) is 0.625. The number of benzene rings is 2. The molecule has 3 aromatic rings. The minimum Gasteiger partial charge on any atom is -0.494 e. The standard InChI is InChI=1S/C22H25FN4O2S/c1-2-29-16-7-8-19-20(15-16)30-22(25-19)27-13-11-26(12-14-27)10-9-24-21(28)17-5-3-4-6-18(17)23/h3-8,15H,2,9-14H2,1H3,(H,24,28). The number of anilines is 1. The van der Waals surface area contributed by atoms with Gasteiger partial charge in [0.15, 0.2) is 5.13 Å². The van der Waals surface area contributed by atoms with Crippen LogP contribution in [-0.2, 0) is 0 Å². The van der Waals surface area contributed by atoms with Crippen LogP contribution >= 0.6 is 11.3 Å². The summed E-state index contributed by atoms with van der Waals surface area (Å²) in [6.45, 7) is 7.44. The molecule has 2 heterocycles. The summed E-state index contributed by atoms with van der Waals surface area (Å²) >= 11 is 1.69. The van der Waals surface area contributed by atoms with Crippen LogP contribution < -0.4 is 15.0 Å². The molecule has 1 saturated heterocycles. The van der Waals surface area contributed by atoms with Gasteiger partial charge in [0, 0.05) is 39.3 Å². The molecule has 6 nitrogen and oxygen atoms in total. The second kappa shape index (κ2) is 9.40. The van der Waals surface area contributed by atoms with Gasteiger partial charge in [-0.2, -0.15) is 0 Å². The number of ether oxygens (including phenoxy) is 1. The average molecular weight is 429 g/mol. The molecule has 1 N–H and O–H groups in total. The Bertz CT molecular complexity index is 1020. The lowest BCUT2D eigenvalue weighted by atomic mass is 10.2. The molecule has 1 aliphatic rings. The van der Waals surface area contributed by atoms with Crippen molar-refractivity contribution in [2.45, 2.75) is 6.92 Å². The monoisotopic (exact) mass is 428 g/mol. The van der Waals surface area contributed by atoms with E-state index in [4.69, 9.17) is 9.72 Å². The molecule has 30 heavy (non-hydrogen) atoms. The van der Waals surface area contributed by atoms with Gasteiger partial charge in [0.05, 0.1) is 22.4 Å². The number of amides is 1. The first-order valence-corrected chi connectivity index (χ1v) is 11.0. The minimum absolute atomic E-state index is 0.0886. The van der Waals surface area contributed by atoms with Crippen LogP contribution in [0.1, 0.15) is 17.3 Å². The predicted octanol–water partition coefficient (Wildman–Crippen LogP) is 3.39. The number of fused-ring (bicyclic) bond motifs is 1. The van der Waals surface area contributed by atoms with Crippen molar-refractivity contribution in [1.82, 2.24) is 15.2 Å². The van der Waals surface area contributed by atoms with Crippen molar-refractivity contribution in [3.8, 4) is 5.75 Å². The van der Waals surface area contributed by atoms with E-state index >= 15 is 0 Å². The van der Waals surface area contributed by atoms with E-state index < -0.39 is 5.82 Å². The molecular formula is C22H25FN4O2S. The second-order valence-electron chi connectivity index (χ2n) is 7.12. The van der Waals surface area contributed by atoms with Gasteiger partial charge in [0.25, 0.3) is 5.91 Å². The van der Waals surface area contributed by atoms with Crippen LogP contribution in [0.5, 0.6) is 5.75 Å². The van der Waals surface area contributed by atoms with Gasteiger partial charge in [-0.05, 0) is 37.3 Å². The highest BCUT2D eigenvalue weighted by atomic mass is 32.1. The Morgan fingerprint density at radius 3 is 2.77 bits per heavy atom. The summed E-state index contributed by atoms with van der Waals surface area (Å²) in [7, 11) is 0. The maximum atomic E-state index is 13.7. The van der Waals surface area contributed by atoms with Crippen molar-refractivity contribution in [2.24, 2.45) is 0 Å². The van der Waals surface area contributed by atoms with Crippen molar-refractivity contribution in [3.63, 3.8) is 0 Å². The lowest BCUT2D eigenvalue weighted by Crippen LogP contribution is -2.48. The van der Waals surface area contributed by atoms with E-state index in [1.165, 1.54) is 12.1 Å². The zero-order valence-corrected chi connectivity index (χ0v) is 17.8. The zero-order valence-electron chi connectivity index (χ0n) is 16.9. The van der Waals surface area contributed by atoms with Gasteiger partial charge in [-0.25, -0.2) is 9.37 Å². The number of hydrogen-bond donors (Lipinski definition) is 1. The molecule has 0 unspecified atom stereocenters. The van der Waals surface area contributed by atoms with Gasteiger partial charge >= 0.3 is 0 Å². The summed E-state index contributed by atoms with van der Waals surface area (Å²) in [4.78, 5) is 21.5. The maximum absolute atomic E-state index is 13.7. The second-order valence-corrected chi connectivity index (χ2v) is 8.13. The molecule has 0 spiro atoms. The largest absolute Gasteiger partial charge is 0.494 e. The summed E-state index contributed by atoms with van der Waals surface area (Å²) in [5.74, 6) is 0.0166. The van der Waals surface area contributed by atoms with Crippen molar-refractivity contribution in [2.75, 3.05) is 50.8 Å². The average Bonchev–Trinajstić information content (AvgIpc) is 3.18. The lowest BCUT2D eigenvalue weighted by Gasteiger charge is -2.34. The van der Waals surface area contributed by atoms with Gasteiger partial charge in [-0.3, -0.25) is 9.69 Å². The van der Waals surface area contributed by atoms with Crippen LogP contribution in [-0.4, -0.2) is 61.7 Å². The van der Waals surface area contributed by atoms with Gasteiger partial charge in [-0.15, -0.1) is 0 Å². The van der Waals surface area contributed by atoms with Crippen LogP contribution in [0.25, 0.3) is 10.2 Å². The number of nitrogens with one attached hydrogen (secondary N) is 1. The van der Waals surface area contributed by atoms with E-state index in [2.05, 4.69) is 21.2 Å². The number of rotatable bonds is 7. The molecule has 1 aliphatic heterocycles. The Balaban J connectivity index is 1.26. The first-order chi connectivity index (χ1) is 14.6. The maximum Gasteiger partial charge on any atom is 0.254 e. The molecule has 8 heteroatoms. The van der Waals surface area contributed by atoms with E-state index in [1.54, 1.807) is 23.5 Å². The fourth-order valence-electron chi connectivity index (χ4n) is 3.52. The summed E-state index contributed by atoms with van der Waals surface area (Å²) in [6, 6.07) is 12.1. The molecule has 2 aromatic carbocycles. The summed E-state index contributed by atoms with van der Waals surface area (Å²) < 4.78 is 20.4. The van der Waals surface area contributed by atoms with E-state index in [9.17, 15) is 9.18 Å². The molecule has 0 aliphatic carbocycles. The third-order valence-corrected chi connectivity index (χ3v) is 6.21. The highest BCUT2D eigenvalue weighted by Gasteiger charge is 2.20. The number of thiazole rings is 1.